The van der Waals surface area contributed by atoms with Crippen LogP contribution in [-0.4, -0.2) is 23.7 Å². The van der Waals surface area contributed by atoms with Crippen molar-refractivity contribution < 1.29 is 0 Å². The van der Waals surface area contributed by atoms with Crippen LogP contribution >= 0.6 is 0 Å². The van der Waals surface area contributed by atoms with Gasteiger partial charge in [0.2, 0.25) is 0 Å². The minimum Gasteiger partial charge on any atom is -0.386 e. The van der Waals surface area contributed by atoms with Gasteiger partial charge >= 0.3 is 0 Å². The van der Waals surface area contributed by atoms with Crippen molar-refractivity contribution in [1.29, 1.82) is 0 Å². The van der Waals surface area contributed by atoms with Crippen molar-refractivity contribution in [3.8, 4) is 22.5 Å². The molecule has 0 spiro atoms. The lowest BCUT2D eigenvalue weighted by Gasteiger charge is -2.08. The van der Waals surface area contributed by atoms with Crippen molar-refractivity contribution >= 4 is 39.9 Å². The number of aliphatic imine (C=N–C) groups is 1. The first-order chi connectivity index (χ1) is 11.8. The second kappa shape index (κ2) is 4.61. The van der Waals surface area contributed by atoms with E-state index in [0.29, 0.717) is 0 Å². The Morgan fingerprint density at radius 1 is 0.917 bits per heavy atom. The molecule has 1 aromatic heterocycles. The summed E-state index contributed by atoms with van der Waals surface area (Å²) in [6.07, 6.45) is 0. The van der Waals surface area contributed by atoms with Gasteiger partial charge in [-0.05, 0) is 24.2 Å². The Labute approximate surface area is 138 Å². The van der Waals surface area contributed by atoms with Gasteiger partial charge in [-0.15, -0.1) is 0 Å². The molecule has 5 rings (SSSR count). The third kappa shape index (κ3) is 1.60. The molecule has 0 radical (unpaired) electrons. The van der Waals surface area contributed by atoms with Crippen LogP contribution in [0.3, 0.4) is 0 Å². The normalized spacial score (nSPS) is 11.7. The third-order valence-corrected chi connectivity index (χ3v) is 4.64. The highest BCUT2D eigenvalue weighted by Crippen LogP contribution is 2.46. The summed E-state index contributed by atoms with van der Waals surface area (Å²) >= 11 is 0. The molecule has 0 aliphatic heterocycles. The van der Waals surface area contributed by atoms with Gasteiger partial charge in [0.25, 0.3) is 0 Å². The molecule has 1 aliphatic carbocycles. The fourth-order valence-corrected chi connectivity index (χ4v) is 3.53. The maximum Gasteiger partial charge on any atom is 0.0979 e. The van der Waals surface area contributed by atoms with Gasteiger partial charge in [0.1, 0.15) is 0 Å². The molecular formula is C20H14N4. The van der Waals surface area contributed by atoms with Crippen LogP contribution in [0, 0.1) is 0 Å². The molecule has 0 unspecified atom stereocenters. The number of rotatable bonds is 2. The summed E-state index contributed by atoms with van der Waals surface area (Å²) in [7, 11) is 1.87. The van der Waals surface area contributed by atoms with Gasteiger partial charge in [-0.25, -0.2) is 9.97 Å². The molecule has 0 bridgehead atoms. The molecule has 1 N–H and O–H groups in total. The Morgan fingerprint density at radius 3 is 2.12 bits per heavy atom. The van der Waals surface area contributed by atoms with E-state index >= 15 is 0 Å². The molecule has 0 saturated carbocycles. The van der Waals surface area contributed by atoms with Gasteiger partial charge in [-0.3, -0.25) is 4.99 Å². The average molecular weight is 310 g/mol. The third-order valence-electron chi connectivity index (χ3n) is 4.64. The van der Waals surface area contributed by atoms with Gasteiger partial charge < -0.3 is 5.32 Å². The number of nitrogens with zero attached hydrogens (tertiary/aromatic N) is 3. The van der Waals surface area contributed by atoms with E-state index < -0.39 is 0 Å². The first-order valence-corrected chi connectivity index (χ1v) is 7.83. The van der Waals surface area contributed by atoms with Crippen molar-refractivity contribution in [2.45, 2.75) is 0 Å². The molecule has 0 atom stereocenters. The molecule has 1 heterocycles. The van der Waals surface area contributed by atoms with Gasteiger partial charge in [-0.1, -0.05) is 36.4 Å². The molecule has 4 aromatic rings. The van der Waals surface area contributed by atoms with E-state index in [0.717, 1.165) is 44.9 Å². The highest BCUT2D eigenvalue weighted by Gasteiger charge is 2.24. The fraction of sp³-hybridized carbons (Fsp3) is 0.0500. The lowest BCUT2D eigenvalue weighted by Crippen LogP contribution is -1.94. The number of fused-ring (bicyclic) bond motifs is 4. The largest absolute Gasteiger partial charge is 0.386 e. The Hall–Kier alpha value is -3.27. The number of anilines is 1. The van der Waals surface area contributed by atoms with Gasteiger partial charge in [0.15, 0.2) is 0 Å². The number of hydrogen-bond acceptors (Lipinski definition) is 4. The van der Waals surface area contributed by atoms with Crippen LogP contribution in [0.1, 0.15) is 0 Å². The molecule has 0 saturated heterocycles. The average Bonchev–Trinajstić information content (AvgIpc) is 2.94. The monoisotopic (exact) mass is 310 g/mol. The summed E-state index contributed by atoms with van der Waals surface area (Å²) < 4.78 is 0. The highest BCUT2D eigenvalue weighted by molar-refractivity contribution is 6.14. The maximum absolute atomic E-state index is 4.91. The van der Waals surface area contributed by atoms with Gasteiger partial charge in [-0.2, -0.15) is 0 Å². The lowest BCUT2D eigenvalue weighted by atomic mass is 10.0. The Bertz CT molecular complexity index is 1160. The van der Waals surface area contributed by atoms with Crippen LogP contribution in [0.4, 0.5) is 11.4 Å². The van der Waals surface area contributed by atoms with Crippen molar-refractivity contribution in [1.82, 2.24) is 9.97 Å². The van der Waals surface area contributed by atoms with E-state index in [9.17, 15) is 0 Å². The minimum absolute atomic E-state index is 0.785. The molecule has 0 amide bonds. The summed E-state index contributed by atoms with van der Waals surface area (Å²) in [6.45, 7) is 3.64. The summed E-state index contributed by atoms with van der Waals surface area (Å²) in [5.74, 6) is 0. The van der Waals surface area contributed by atoms with Crippen molar-refractivity contribution in [3.63, 3.8) is 0 Å². The van der Waals surface area contributed by atoms with Crippen LogP contribution in [-0.2, 0) is 0 Å². The fourth-order valence-electron chi connectivity index (χ4n) is 3.53. The van der Waals surface area contributed by atoms with Crippen LogP contribution in [0.5, 0.6) is 0 Å². The van der Waals surface area contributed by atoms with E-state index in [1.807, 2.05) is 19.2 Å². The molecule has 3 aromatic carbocycles. The first kappa shape index (κ1) is 13.2. The maximum atomic E-state index is 4.91. The highest BCUT2D eigenvalue weighted by atomic mass is 14.9. The number of benzene rings is 3. The van der Waals surface area contributed by atoms with E-state index in [-0.39, 0.29) is 0 Å². The molecular weight excluding hydrogens is 296 g/mol. The molecule has 114 valence electrons. The molecule has 24 heavy (non-hydrogen) atoms. The summed E-state index contributed by atoms with van der Waals surface area (Å²) in [4.78, 5) is 13.9. The van der Waals surface area contributed by atoms with Gasteiger partial charge in [0.05, 0.1) is 33.8 Å². The zero-order valence-corrected chi connectivity index (χ0v) is 13.2. The van der Waals surface area contributed by atoms with Crippen molar-refractivity contribution in [2.75, 3.05) is 12.4 Å². The SMILES string of the molecule is C=Nc1cc2nc3c(nc2cc1NC)-c1cccc2cccc-3c12. The Morgan fingerprint density at radius 2 is 1.54 bits per heavy atom. The van der Waals surface area contributed by atoms with Crippen molar-refractivity contribution in [2.24, 2.45) is 4.99 Å². The van der Waals surface area contributed by atoms with Crippen LogP contribution in [0.15, 0.2) is 53.5 Å². The quantitative estimate of drug-likeness (QED) is 0.476. The standard InChI is InChI=1S/C20H14N4/c1-21-14-9-16-17(10-15(14)22-2)24-20-13-8-4-6-11-5-3-7-12(18(11)13)19(20)23-16/h3-10,22H,1H2,2H3. The van der Waals surface area contributed by atoms with E-state index in [1.165, 1.54) is 10.8 Å². The second-order valence-electron chi connectivity index (χ2n) is 5.90. The smallest absolute Gasteiger partial charge is 0.0979 e. The number of hydrogen-bond donors (Lipinski definition) is 1. The minimum atomic E-state index is 0.785. The Kier molecular flexibility index (Phi) is 2.54. The summed E-state index contributed by atoms with van der Waals surface area (Å²) in [5.41, 5.74) is 7.59. The van der Waals surface area contributed by atoms with E-state index in [2.05, 4.69) is 53.4 Å². The van der Waals surface area contributed by atoms with E-state index in [1.54, 1.807) is 0 Å². The molecule has 4 nitrogen and oxygen atoms in total. The summed E-state index contributed by atoms with van der Waals surface area (Å²) in [6, 6.07) is 16.6. The van der Waals surface area contributed by atoms with Crippen LogP contribution in [0.2, 0.25) is 0 Å². The predicted octanol–water partition coefficient (Wildman–Crippen LogP) is 4.80. The molecule has 4 heteroatoms. The zero-order chi connectivity index (χ0) is 16.3. The number of nitrogens with one attached hydrogen (secondary N) is 1. The molecule has 0 fully saturated rings. The van der Waals surface area contributed by atoms with Crippen LogP contribution < -0.4 is 5.32 Å². The topological polar surface area (TPSA) is 50.2 Å². The van der Waals surface area contributed by atoms with E-state index in [4.69, 9.17) is 9.97 Å². The van der Waals surface area contributed by atoms with Crippen LogP contribution in [0.25, 0.3) is 44.3 Å². The van der Waals surface area contributed by atoms with Gasteiger partial charge in [0, 0.05) is 23.6 Å². The predicted molar refractivity (Wildman–Crippen MR) is 100 cm³/mol. The lowest BCUT2D eigenvalue weighted by molar-refractivity contribution is 1.31. The Balaban J connectivity index is 1.90. The zero-order valence-electron chi connectivity index (χ0n) is 13.2. The summed E-state index contributed by atoms with van der Waals surface area (Å²) in [5, 5.41) is 5.60. The molecule has 1 aliphatic rings. The number of aromatic nitrogens is 2. The second-order valence-corrected chi connectivity index (χ2v) is 5.90. The van der Waals surface area contributed by atoms with Crippen molar-refractivity contribution in [3.05, 3.63) is 48.5 Å². The first-order valence-electron chi connectivity index (χ1n) is 7.83.